The largest absolute Gasteiger partial charge is 0.344 e. The van der Waals surface area contributed by atoms with Gasteiger partial charge in [-0.05, 0) is 60.8 Å². The Kier molecular flexibility index (Phi) is 6.27. The molecule has 3 nitrogen and oxygen atoms in total. The Morgan fingerprint density at radius 3 is 2.48 bits per heavy atom. The summed E-state index contributed by atoms with van der Waals surface area (Å²) in [5.74, 6) is 0.882. The first-order chi connectivity index (χ1) is 12.2. The van der Waals surface area contributed by atoms with Crippen molar-refractivity contribution in [3.8, 4) is 0 Å². The van der Waals surface area contributed by atoms with Gasteiger partial charge in [-0.1, -0.05) is 44.2 Å². The van der Waals surface area contributed by atoms with Crippen LogP contribution in [-0.2, 0) is 4.79 Å². The van der Waals surface area contributed by atoms with Crippen LogP contribution in [0.5, 0.6) is 0 Å². The van der Waals surface area contributed by atoms with E-state index >= 15 is 0 Å². The van der Waals surface area contributed by atoms with Crippen LogP contribution in [-0.4, -0.2) is 19.0 Å². The maximum absolute atomic E-state index is 12.8. The fraction of sp³-hybridized carbons (Fsp3) is 0.476. The summed E-state index contributed by atoms with van der Waals surface area (Å²) in [6.45, 7) is 6.34. The third-order valence-electron chi connectivity index (χ3n) is 5.28. The Bertz CT molecular complexity index is 660. The third kappa shape index (κ3) is 4.50. The Morgan fingerprint density at radius 2 is 1.88 bits per heavy atom. The maximum Gasteiger partial charge on any atom is 0.223 e. The van der Waals surface area contributed by atoms with E-state index in [9.17, 15) is 4.79 Å². The molecule has 1 fully saturated rings. The van der Waals surface area contributed by atoms with Crippen molar-refractivity contribution in [3.05, 3.63) is 57.8 Å². The van der Waals surface area contributed by atoms with Gasteiger partial charge in [-0.3, -0.25) is 4.79 Å². The SMILES string of the molecule is CCC(C)c1ccc(C(NC(=O)C2CCNCC2)c2cccs2)cc1. The molecule has 25 heavy (non-hydrogen) atoms. The lowest BCUT2D eigenvalue weighted by Gasteiger charge is -2.25. The molecular weight excluding hydrogens is 328 g/mol. The van der Waals surface area contributed by atoms with Crippen LogP contribution in [0.2, 0.25) is 0 Å². The minimum Gasteiger partial charge on any atom is -0.344 e. The molecule has 3 rings (SSSR count). The highest BCUT2D eigenvalue weighted by atomic mass is 32.1. The van der Waals surface area contributed by atoms with Crippen molar-refractivity contribution in [2.45, 2.75) is 45.1 Å². The molecular formula is C21H28N2OS. The van der Waals surface area contributed by atoms with Crippen molar-refractivity contribution in [1.29, 1.82) is 0 Å². The number of piperidine rings is 1. The molecule has 2 atom stereocenters. The minimum atomic E-state index is -0.0478. The molecule has 0 aliphatic carbocycles. The van der Waals surface area contributed by atoms with Crippen LogP contribution < -0.4 is 10.6 Å². The van der Waals surface area contributed by atoms with Crippen LogP contribution in [0.1, 0.15) is 61.1 Å². The number of thiophene rings is 1. The molecule has 2 N–H and O–H groups in total. The van der Waals surface area contributed by atoms with Crippen LogP contribution >= 0.6 is 11.3 Å². The molecule has 1 aromatic carbocycles. The summed E-state index contributed by atoms with van der Waals surface area (Å²) in [5, 5.41) is 8.71. The lowest BCUT2D eigenvalue weighted by Crippen LogP contribution is -2.39. The van der Waals surface area contributed by atoms with Gasteiger partial charge in [0.25, 0.3) is 0 Å². The summed E-state index contributed by atoms with van der Waals surface area (Å²) in [6, 6.07) is 12.9. The van der Waals surface area contributed by atoms with E-state index in [-0.39, 0.29) is 17.9 Å². The zero-order valence-corrected chi connectivity index (χ0v) is 15.9. The number of hydrogen-bond donors (Lipinski definition) is 2. The zero-order valence-electron chi connectivity index (χ0n) is 15.1. The molecule has 0 bridgehead atoms. The standard InChI is InChI=1S/C21H28N2OS/c1-3-15(2)16-6-8-17(9-7-16)20(19-5-4-14-25-19)23-21(24)18-10-12-22-13-11-18/h4-9,14-15,18,20,22H,3,10-13H2,1-2H3,(H,23,24). The summed E-state index contributed by atoms with van der Waals surface area (Å²) in [4.78, 5) is 14.0. The van der Waals surface area contributed by atoms with Crippen LogP contribution in [0, 0.1) is 5.92 Å². The van der Waals surface area contributed by atoms with Gasteiger partial charge in [0, 0.05) is 10.8 Å². The minimum absolute atomic E-state index is 0.0478. The van der Waals surface area contributed by atoms with Gasteiger partial charge in [-0.25, -0.2) is 0 Å². The summed E-state index contributed by atoms with van der Waals surface area (Å²) in [6.07, 6.45) is 2.99. The molecule has 0 saturated carbocycles. The number of hydrogen-bond acceptors (Lipinski definition) is 3. The molecule has 134 valence electrons. The normalized spacial score (nSPS) is 17.8. The number of nitrogens with one attached hydrogen (secondary N) is 2. The number of benzene rings is 1. The Labute approximate surface area is 154 Å². The van der Waals surface area contributed by atoms with E-state index < -0.39 is 0 Å². The fourth-order valence-corrected chi connectivity index (χ4v) is 4.17. The summed E-state index contributed by atoms with van der Waals surface area (Å²) < 4.78 is 0. The van der Waals surface area contributed by atoms with Crippen LogP contribution in [0.4, 0.5) is 0 Å². The first-order valence-corrected chi connectivity index (χ1v) is 10.2. The van der Waals surface area contributed by atoms with E-state index in [1.54, 1.807) is 11.3 Å². The van der Waals surface area contributed by atoms with Crippen LogP contribution in [0.15, 0.2) is 41.8 Å². The molecule has 2 unspecified atom stereocenters. The second kappa shape index (κ2) is 8.63. The number of carbonyl (C=O) groups is 1. The van der Waals surface area contributed by atoms with Gasteiger partial charge >= 0.3 is 0 Å². The van der Waals surface area contributed by atoms with Gasteiger partial charge in [0.1, 0.15) is 0 Å². The van der Waals surface area contributed by atoms with Crippen molar-refractivity contribution in [1.82, 2.24) is 10.6 Å². The first-order valence-electron chi connectivity index (χ1n) is 9.33. The van der Waals surface area contributed by atoms with E-state index in [0.29, 0.717) is 5.92 Å². The van der Waals surface area contributed by atoms with E-state index in [0.717, 1.165) is 37.9 Å². The quantitative estimate of drug-likeness (QED) is 0.802. The van der Waals surface area contributed by atoms with Crippen molar-refractivity contribution in [2.75, 3.05) is 13.1 Å². The van der Waals surface area contributed by atoms with E-state index in [1.807, 2.05) is 0 Å². The average Bonchev–Trinajstić information content (AvgIpc) is 3.20. The van der Waals surface area contributed by atoms with Gasteiger partial charge in [-0.15, -0.1) is 11.3 Å². The van der Waals surface area contributed by atoms with Gasteiger partial charge in [-0.2, -0.15) is 0 Å². The molecule has 1 aliphatic heterocycles. The molecule has 1 aromatic heterocycles. The summed E-state index contributed by atoms with van der Waals surface area (Å²) >= 11 is 1.70. The Hall–Kier alpha value is -1.65. The molecule has 2 aromatic rings. The van der Waals surface area contributed by atoms with Crippen molar-refractivity contribution < 1.29 is 4.79 Å². The molecule has 2 heterocycles. The number of amides is 1. The van der Waals surface area contributed by atoms with Gasteiger partial charge in [0.05, 0.1) is 6.04 Å². The van der Waals surface area contributed by atoms with Gasteiger partial charge in [0.2, 0.25) is 5.91 Å². The number of rotatable bonds is 6. The monoisotopic (exact) mass is 356 g/mol. The summed E-state index contributed by atoms with van der Waals surface area (Å²) in [7, 11) is 0. The predicted octanol–water partition coefficient (Wildman–Crippen LogP) is 4.47. The second-order valence-electron chi connectivity index (χ2n) is 6.96. The van der Waals surface area contributed by atoms with Crippen molar-refractivity contribution in [2.24, 2.45) is 5.92 Å². The molecule has 0 radical (unpaired) electrons. The third-order valence-corrected chi connectivity index (χ3v) is 6.21. The van der Waals surface area contributed by atoms with Gasteiger partial charge < -0.3 is 10.6 Å². The van der Waals surface area contributed by atoms with E-state index in [2.05, 4.69) is 66.3 Å². The van der Waals surface area contributed by atoms with Crippen LogP contribution in [0.3, 0.4) is 0 Å². The lowest BCUT2D eigenvalue weighted by atomic mass is 9.94. The van der Waals surface area contributed by atoms with Crippen molar-refractivity contribution >= 4 is 17.2 Å². The average molecular weight is 357 g/mol. The molecule has 0 spiro atoms. The summed E-state index contributed by atoms with van der Waals surface area (Å²) in [5.41, 5.74) is 2.53. The fourth-order valence-electron chi connectivity index (χ4n) is 3.37. The molecule has 1 amide bonds. The predicted molar refractivity (Wildman–Crippen MR) is 105 cm³/mol. The second-order valence-corrected chi connectivity index (χ2v) is 7.94. The Morgan fingerprint density at radius 1 is 1.20 bits per heavy atom. The highest BCUT2D eigenvalue weighted by molar-refractivity contribution is 7.10. The zero-order chi connectivity index (χ0) is 17.6. The smallest absolute Gasteiger partial charge is 0.223 e. The van der Waals surface area contributed by atoms with E-state index in [1.165, 1.54) is 10.4 Å². The molecule has 1 saturated heterocycles. The molecule has 1 aliphatic rings. The number of carbonyl (C=O) groups excluding carboxylic acids is 1. The highest BCUT2D eigenvalue weighted by Crippen LogP contribution is 2.29. The van der Waals surface area contributed by atoms with Crippen LogP contribution in [0.25, 0.3) is 0 Å². The Balaban J connectivity index is 1.79. The van der Waals surface area contributed by atoms with Crippen molar-refractivity contribution in [3.63, 3.8) is 0 Å². The lowest BCUT2D eigenvalue weighted by molar-refractivity contribution is -0.126. The van der Waals surface area contributed by atoms with Gasteiger partial charge in [0.15, 0.2) is 0 Å². The maximum atomic E-state index is 12.8. The first kappa shape index (κ1) is 18.2. The topological polar surface area (TPSA) is 41.1 Å². The molecule has 4 heteroatoms. The van der Waals surface area contributed by atoms with E-state index in [4.69, 9.17) is 0 Å². The highest BCUT2D eigenvalue weighted by Gasteiger charge is 2.25.